The molecule has 0 bridgehead atoms. The van der Waals surface area contributed by atoms with Crippen molar-refractivity contribution in [2.45, 2.75) is 18.7 Å². The van der Waals surface area contributed by atoms with E-state index in [1.165, 1.54) is 0 Å². The van der Waals surface area contributed by atoms with Crippen LogP contribution >= 0.6 is 0 Å². The first kappa shape index (κ1) is 21.2. The monoisotopic (exact) mass is 399 g/mol. The van der Waals surface area contributed by atoms with Gasteiger partial charge >= 0.3 is 0 Å². The van der Waals surface area contributed by atoms with E-state index in [0.29, 0.717) is 31.3 Å². The smallest absolute Gasteiger partial charge is 0.161 e. The van der Waals surface area contributed by atoms with Crippen LogP contribution in [0, 0.1) is 0 Å². The van der Waals surface area contributed by atoms with Crippen LogP contribution in [0.2, 0.25) is 0 Å². The third-order valence-corrected chi connectivity index (χ3v) is 5.04. The zero-order chi connectivity index (χ0) is 20.6. The lowest BCUT2D eigenvalue weighted by Crippen LogP contribution is -2.46. The molecular weight excluding hydrogens is 370 g/mol. The lowest BCUT2D eigenvalue weighted by atomic mass is 9.97. The number of methoxy groups -OCH3 is 2. The summed E-state index contributed by atoms with van der Waals surface area (Å²) in [4.78, 5) is 2.32. The molecule has 29 heavy (non-hydrogen) atoms. The molecule has 1 N–H and O–H groups in total. The minimum absolute atomic E-state index is 0.0575. The standard InChI is InChI=1S/C23H29NO5/c1-4-11-28-19-7-5-6-17(13-19)15-24-10-12-29-22(16-25)23(24)18-8-9-20(26-2)21(14-18)27-3/h4-9,13-14,22-23,25H,1,10-12,15-16H2,2-3H3/t22-,23-/m1/s1. The van der Waals surface area contributed by atoms with Gasteiger partial charge in [0, 0.05) is 13.1 Å². The summed E-state index contributed by atoms with van der Waals surface area (Å²) in [6, 6.07) is 13.8. The van der Waals surface area contributed by atoms with Crippen molar-refractivity contribution < 1.29 is 24.1 Å². The normalized spacial score (nSPS) is 19.6. The topological polar surface area (TPSA) is 60.4 Å². The predicted molar refractivity (Wildman–Crippen MR) is 112 cm³/mol. The Balaban J connectivity index is 1.87. The SMILES string of the molecule is C=CCOc1cccc(CN2CCO[C@H](CO)[C@H]2c2ccc(OC)c(OC)c2)c1. The summed E-state index contributed by atoms with van der Waals surface area (Å²) in [5.74, 6) is 2.15. The Morgan fingerprint density at radius 3 is 2.72 bits per heavy atom. The summed E-state index contributed by atoms with van der Waals surface area (Å²) in [7, 11) is 3.24. The fraction of sp³-hybridized carbons (Fsp3) is 0.391. The van der Waals surface area contributed by atoms with E-state index < -0.39 is 0 Å². The number of rotatable bonds is 9. The second kappa shape index (κ2) is 10.3. The fourth-order valence-electron chi connectivity index (χ4n) is 3.70. The van der Waals surface area contributed by atoms with Gasteiger partial charge in [-0.3, -0.25) is 4.90 Å². The molecule has 6 nitrogen and oxygen atoms in total. The Bertz CT molecular complexity index is 810. The molecule has 0 saturated carbocycles. The Morgan fingerprint density at radius 1 is 1.17 bits per heavy atom. The lowest BCUT2D eigenvalue weighted by molar-refractivity contribution is -0.0961. The maximum atomic E-state index is 9.94. The van der Waals surface area contributed by atoms with Crippen molar-refractivity contribution in [3.63, 3.8) is 0 Å². The van der Waals surface area contributed by atoms with E-state index in [9.17, 15) is 5.11 Å². The van der Waals surface area contributed by atoms with Gasteiger partial charge in [-0.05, 0) is 35.4 Å². The van der Waals surface area contributed by atoms with Crippen LogP contribution in [0.4, 0.5) is 0 Å². The van der Waals surface area contributed by atoms with Crippen LogP contribution in [0.3, 0.4) is 0 Å². The van der Waals surface area contributed by atoms with Crippen LogP contribution in [0.15, 0.2) is 55.1 Å². The molecule has 0 spiro atoms. The fourth-order valence-corrected chi connectivity index (χ4v) is 3.70. The summed E-state index contributed by atoms with van der Waals surface area (Å²) in [5.41, 5.74) is 2.15. The Hall–Kier alpha value is -2.54. The number of nitrogens with zero attached hydrogens (tertiary/aromatic N) is 1. The van der Waals surface area contributed by atoms with Crippen LogP contribution < -0.4 is 14.2 Å². The van der Waals surface area contributed by atoms with Gasteiger partial charge in [-0.1, -0.05) is 30.9 Å². The molecular formula is C23H29NO5. The summed E-state index contributed by atoms with van der Waals surface area (Å²) >= 11 is 0. The summed E-state index contributed by atoms with van der Waals surface area (Å²) in [6.07, 6.45) is 1.41. The van der Waals surface area contributed by atoms with Crippen molar-refractivity contribution in [2.24, 2.45) is 0 Å². The number of aliphatic hydroxyl groups excluding tert-OH is 1. The van der Waals surface area contributed by atoms with Crippen LogP contribution in [0.1, 0.15) is 17.2 Å². The highest BCUT2D eigenvalue weighted by atomic mass is 16.5. The van der Waals surface area contributed by atoms with Crippen LogP contribution in [-0.4, -0.2) is 56.7 Å². The van der Waals surface area contributed by atoms with E-state index in [1.807, 2.05) is 36.4 Å². The van der Waals surface area contributed by atoms with E-state index in [-0.39, 0.29) is 18.8 Å². The number of hydrogen-bond acceptors (Lipinski definition) is 6. The number of morpholine rings is 1. The largest absolute Gasteiger partial charge is 0.493 e. The van der Waals surface area contributed by atoms with Gasteiger partial charge in [-0.25, -0.2) is 0 Å². The minimum atomic E-state index is -0.318. The molecule has 6 heteroatoms. The molecule has 1 fully saturated rings. The highest BCUT2D eigenvalue weighted by Crippen LogP contribution is 2.36. The predicted octanol–water partition coefficient (Wildman–Crippen LogP) is 3.20. The Labute approximate surface area is 172 Å². The van der Waals surface area contributed by atoms with Gasteiger partial charge in [0.2, 0.25) is 0 Å². The number of hydrogen-bond donors (Lipinski definition) is 1. The van der Waals surface area contributed by atoms with E-state index in [0.717, 1.165) is 23.4 Å². The maximum Gasteiger partial charge on any atom is 0.161 e. The Morgan fingerprint density at radius 2 is 2.00 bits per heavy atom. The first-order valence-corrected chi connectivity index (χ1v) is 9.71. The number of ether oxygens (including phenoxy) is 4. The summed E-state index contributed by atoms with van der Waals surface area (Å²) in [5, 5.41) is 9.94. The summed E-state index contributed by atoms with van der Waals surface area (Å²) < 4.78 is 22.4. The number of aliphatic hydroxyl groups is 1. The summed E-state index contributed by atoms with van der Waals surface area (Å²) in [6.45, 7) is 6.15. The van der Waals surface area contributed by atoms with Crippen molar-refractivity contribution in [3.8, 4) is 17.2 Å². The van der Waals surface area contributed by atoms with Crippen molar-refractivity contribution >= 4 is 0 Å². The lowest BCUT2D eigenvalue weighted by Gasteiger charge is -2.41. The molecule has 1 aliphatic rings. The van der Waals surface area contributed by atoms with E-state index in [1.54, 1.807) is 20.3 Å². The second-order valence-corrected chi connectivity index (χ2v) is 6.87. The average molecular weight is 399 g/mol. The van der Waals surface area contributed by atoms with Crippen molar-refractivity contribution in [3.05, 3.63) is 66.2 Å². The maximum absolute atomic E-state index is 9.94. The molecule has 1 heterocycles. The van der Waals surface area contributed by atoms with Crippen molar-refractivity contribution in [1.82, 2.24) is 4.90 Å². The molecule has 3 rings (SSSR count). The molecule has 0 aliphatic carbocycles. The molecule has 2 aromatic carbocycles. The van der Waals surface area contributed by atoms with Gasteiger partial charge in [-0.15, -0.1) is 0 Å². The molecule has 2 aromatic rings. The Kier molecular flexibility index (Phi) is 7.52. The second-order valence-electron chi connectivity index (χ2n) is 6.87. The molecule has 0 radical (unpaired) electrons. The van der Waals surface area contributed by atoms with Gasteiger partial charge < -0.3 is 24.1 Å². The van der Waals surface area contributed by atoms with Gasteiger partial charge in [-0.2, -0.15) is 0 Å². The molecule has 1 saturated heterocycles. The third kappa shape index (κ3) is 5.09. The third-order valence-electron chi connectivity index (χ3n) is 5.04. The van der Waals surface area contributed by atoms with Crippen LogP contribution in [0.25, 0.3) is 0 Å². The van der Waals surface area contributed by atoms with Gasteiger partial charge in [0.15, 0.2) is 11.5 Å². The minimum Gasteiger partial charge on any atom is -0.493 e. The van der Waals surface area contributed by atoms with Gasteiger partial charge in [0.1, 0.15) is 18.5 Å². The zero-order valence-electron chi connectivity index (χ0n) is 17.0. The highest BCUT2D eigenvalue weighted by Gasteiger charge is 2.33. The molecule has 1 aliphatic heterocycles. The molecule has 2 atom stereocenters. The quantitative estimate of drug-likeness (QED) is 0.654. The van der Waals surface area contributed by atoms with E-state index in [4.69, 9.17) is 18.9 Å². The first-order valence-electron chi connectivity index (χ1n) is 9.71. The van der Waals surface area contributed by atoms with Gasteiger partial charge in [0.25, 0.3) is 0 Å². The zero-order valence-corrected chi connectivity index (χ0v) is 17.0. The van der Waals surface area contributed by atoms with Crippen LogP contribution in [0.5, 0.6) is 17.2 Å². The first-order chi connectivity index (χ1) is 14.2. The number of benzene rings is 2. The van der Waals surface area contributed by atoms with Crippen LogP contribution in [-0.2, 0) is 11.3 Å². The molecule has 156 valence electrons. The average Bonchev–Trinajstić information content (AvgIpc) is 2.77. The highest BCUT2D eigenvalue weighted by molar-refractivity contribution is 5.44. The molecule has 0 amide bonds. The van der Waals surface area contributed by atoms with Crippen molar-refractivity contribution in [2.75, 3.05) is 40.6 Å². The van der Waals surface area contributed by atoms with Crippen molar-refractivity contribution in [1.29, 1.82) is 0 Å². The van der Waals surface area contributed by atoms with E-state index in [2.05, 4.69) is 17.5 Å². The molecule has 0 unspecified atom stereocenters. The van der Waals surface area contributed by atoms with Gasteiger partial charge in [0.05, 0.1) is 33.5 Å². The van der Waals surface area contributed by atoms with E-state index >= 15 is 0 Å². The molecule has 0 aromatic heterocycles.